The van der Waals surface area contributed by atoms with Crippen LogP contribution in [-0.4, -0.2) is 34.7 Å². The van der Waals surface area contributed by atoms with Crippen LogP contribution in [0.4, 0.5) is 4.39 Å². The average molecular weight is 317 g/mol. The van der Waals surface area contributed by atoms with Gasteiger partial charge in [0, 0.05) is 18.3 Å². The Kier molecular flexibility index (Phi) is 4.60. The van der Waals surface area contributed by atoms with Gasteiger partial charge in [0.05, 0.1) is 25.3 Å². The minimum Gasteiger partial charge on any atom is -0.496 e. The summed E-state index contributed by atoms with van der Waals surface area (Å²) < 4.78 is 18.7. The van der Waals surface area contributed by atoms with Crippen LogP contribution in [0.2, 0.25) is 0 Å². The molecule has 2 heterocycles. The van der Waals surface area contributed by atoms with E-state index in [1.165, 1.54) is 19.2 Å². The van der Waals surface area contributed by atoms with Crippen molar-refractivity contribution in [2.75, 3.05) is 13.7 Å². The molecule has 1 aromatic heterocycles. The van der Waals surface area contributed by atoms with Gasteiger partial charge in [-0.15, -0.1) is 0 Å². The predicted molar refractivity (Wildman–Crippen MR) is 83.5 cm³/mol. The Balaban J connectivity index is 1.80. The van der Waals surface area contributed by atoms with E-state index >= 15 is 0 Å². The van der Waals surface area contributed by atoms with Crippen LogP contribution in [-0.2, 0) is 11.2 Å². The summed E-state index contributed by atoms with van der Waals surface area (Å²) in [6.07, 6.45) is 4.80. The molecule has 1 aromatic carbocycles. The van der Waals surface area contributed by atoms with Crippen LogP contribution in [0, 0.1) is 5.82 Å². The number of likely N-dealkylation sites (tertiary alicyclic amines) is 1. The number of aromatic nitrogens is 2. The molecule has 1 aliphatic heterocycles. The standard InChI is InChI=1S/C17H20FN3O2/c1-23-16-6-5-13(18)10-12(16)11-17(22)21-9-3-2-4-15(21)14-7-8-19-20-14/h5-8,10,15H,2-4,9,11H2,1H3,(H,19,20). The number of nitrogens with zero attached hydrogens (tertiary/aromatic N) is 2. The molecule has 0 radical (unpaired) electrons. The fraction of sp³-hybridized carbons (Fsp3) is 0.412. The zero-order valence-corrected chi connectivity index (χ0v) is 13.1. The van der Waals surface area contributed by atoms with Gasteiger partial charge in [-0.2, -0.15) is 5.10 Å². The van der Waals surface area contributed by atoms with E-state index in [9.17, 15) is 9.18 Å². The number of carbonyl (C=O) groups is 1. The summed E-state index contributed by atoms with van der Waals surface area (Å²) in [4.78, 5) is 14.6. The highest BCUT2D eigenvalue weighted by atomic mass is 19.1. The molecule has 0 saturated carbocycles. The van der Waals surface area contributed by atoms with Gasteiger partial charge in [-0.3, -0.25) is 9.89 Å². The van der Waals surface area contributed by atoms with Gasteiger partial charge < -0.3 is 9.64 Å². The van der Waals surface area contributed by atoms with Gasteiger partial charge >= 0.3 is 0 Å². The van der Waals surface area contributed by atoms with Crippen molar-refractivity contribution >= 4 is 5.91 Å². The number of piperidine rings is 1. The van der Waals surface area contributed by atoms with Gasteiger partial charge in [0.2, 0.25) is 5.91 Å². The van der Waals surface area contributed by atoms with Gasteiger partial charge in [0.25, 0.3) is 0 Å². The lowest BCUT2D eigenvalue weighted by Gasteiger charge is -2.35. The minimum absolute atomic E-state index is 0.0123. The molecular formula is C17H20FN3O2. The molecule has 23 heavy (non-hydrogen) atoms. The SMILES string of the molecule is COc1ccc(F)cc1CC(=O)N1CCCCC1c1ccn[nH]1. The molecule has 122 valence electrons. The monoisotopic (exact) mass is 317 g/mol. The summed E-state index contributed by atoms with van der Waals surface area (Å²) in [5, 5.41) is 6.94. The maximum Gasteiger partial charge on any atom is 0.227 e. The topological polar surface area (TPSA) is 58.2 Å². The van der Waals surface area contributed by atoms with E-state index < -0.39 is 0 Å². The number of hydrogen-bond donors (Lipinski definition) is 1. The fourth-order valence-electron chi connectivity index (χ4n) is 3.16. The summed E-state index contributed by atoms with van der Waals surface area (Å²) in [7, 11) is 1.52. The summed E-state index contributed by atoms with van der Waals surface area (Å²) in [5.41, 5.74) is 1.52. The lowest BCUT2D eigenvalue weighted by molar-refractivity contribution is -0.134. The van der Waals surface area contributed by atoms with Crippen molar-refractivity contribution < 1.29 is 13.9 Å². The summed E-state index contributed by atoms with van der Waals surface area (Å²) in [6, 6.07) is 6.17. The van der Waals surface area contributed by atoms with Crippen LogP contribution in [0.5, 0.6) is 5.75 Å². The van der Waals surface area contributed by atoms with E-state index in [0.29, 0.717) is 17.9 Å². The fourth-order valence-corrected chi connectivity index (χ4v) is 3.16. The van der Waals surface area contributed by atoms with Crippen molar-refractivity contribution in [3.8, 4) is 5.75 Å². The third-order valence-corrected chi connectivity index (χ3v) is 4.29. The maximum absolute atomic E-state index is 13.5. The number of halogens is 1. The van der Waals surface area contributed by atoms with E-state index in [4.69, 9.17) is 4.74 Å². The lowest BCUT2D eigenvalue weighted by Crippen LogP contribution is -2.39. The number of benzene rings is 1. The first kappa shape index (κ1) is 15.5. The van der Waals surface area contributed by atoms with E-state index in [2.05, 4.69) is 10.2 Å². The Hall–Kier alpha value is -2.37. The number of amides is 1. The van der Waals surface area contributed by atoms with Gasteiger partial charge in [-0.25, -0.2) is 4.39 Å². The van der Waals surface area contributed by atoms with Crippen molar-refractivity contribution in [3.05, 3.63) is 47.5 Å². The van der Waals surface area contributed by atoms with Crippen LogP contribution in [0.1, 0.15) is 36.6 Å². The molecule has 1 fully saturated rings. The number of nitrogens with one attached hydrogen (secondary N) is 1. The van der Waals surface area contributed by atoms with Crippen molar-refractivity contribution in [1.82, 2.24) is 15.1 Å². The summed E-state index contributed by atoms with van der Waals surface area (Å²) in [5.74, 6) is 0.153. The van der Waals surface area contributed by atoms with Crippen LogP contribution in [0.25, 0.3) is 0 Å². The second-order valence-electron chi connectivity index (χ2n) is 5.74. The van der Waals surface area contributed by atoms with Crippen LogP contribution >= 0.6 is 0 Å². The molecule has 5 nitrogen and oxygen atoms in total. The van der Waals surface area contributed by atoms with Crippen molar-refractivity contribution in [2.24, 2.45) is 0 Å². The third-order valence-electron chi connectivity index (χ3n) is 4.29. The zero-order valence-electron chi connectivity index (χ0n) is 13.1. The number of aromatic amines is 1. The molecule has 0 aliphatic carbocycles. The molecule has 1 amide bonds. The number of hydrogen-bond acceptors (Lipinski definition) is 3. The molecule has 1 unspecified atom stereocenters. The van der Waals surface area contributed by atoms with Crippen LogP contribution < -0.4 is 4.74 Å². The van der Waals surface area contributed by atoms with Gasteiger partial charge in [-0.1, -0.05) is 0 Å². The van der Waals surface area contributed by atoms with Crippen molar-refractivity contribution in [1.29, 1.82) is 0 Å². The molecule has 0 spiro atoms. The normalized spacial score (nSPS) is 18.0. The highest BCUT2D eigenvalue weighted by molar-refractivity contribution is 5.80. The van der Waals surface area contributed by atoms with Gasteiger partial charge in [0.1, 0.15) is 11.6 Å². The minimum atomic E-state index is -0.364. The second kappa shape index (κ2) is 6.81. The molecule has 6 heteroatoms. The number of carbonyl (C=O) groups excluding carboxylic acids is 1. The Labute approximate surface area is 134 Å². The highest BCUT2D eigenvalue weighted by Crippen LogP contribution is 2.31. The quantitative estimate of drug-likeness (QED) is 0.943. The predicted octanol–water partition coefficient (Wildman–Crippen LogP) is 2.85. The Morgan fingerprint density at radius 2 is 2.30 bits per heavy atom. The largest absolute Gasteiger partial charge is 0.496 e. The number of H-pyrrole nitrogens is 1. The third kappa shape index (κ3) is 3.36. The molecule has 1 N–H and O–H groups in total. The summed E-state index contributed by atoms with van der Waals surface area (Å²) in [6.45, 7) is 0.708. The molecular weight excluding hydrogens is 297 g/mol. The molecule has 1 aliphatic rings. The number of methoxy groups -OCH3 is 1. The zero-order chi connectivity index (χ0) is 16.2. The van der Waals surface area contributed by atoms with Crippen molar-refractivity contribution in [3.63, 3.8) is 0 Å². The van der Waals surface area contributed by atoms with E-state index in [1.54, 1.807) is 12.3 Å². The van der Waals surface area contributed by atoms with Gasteiger partial charge in [0.15, 0.2) is 0 Å². The first-order chi connectivity index (χ1) is 11.2. The lowest BCUT2D eigenvalue weighted by atomic mass is 9.98. The first-order valence-electron chi connectivity index (χ1n) is 7.80. The van der Waals surface area contributed by atoms with E-state index in [0.717, 1.165) is 25.0 Å². The molecule has 2 aromatic rings. The Morgan fingerprint density at radius 1 is 1.43 bits per heavy atom. The number of rotatable bonds is 4. The van der Waals surface area contributed by atoms with Gasteiger partial charge in [-0.05, 0) is 43.5 Å². The molecule has 0 bridgehead atoms. The maximum atomic E-state index is 13.5. The van der Waals surface area contributed by atoms with Crippen molar-refractivity contribution in [2.45, 2.75) is 31.7 Å². The highest BCUT2D eigenvalue weighted by Gasteiger charge is 2.29. The Bertz CT molecular complexity index is 672. The first-order valence-corrected chi connectivity index (χ1v) is 7.80. The smallest absolute Gasteiger partial charge is 0.227 e. The average Bonchev–Trinajstić information content (AvgIpc) is 3.09. The summed E-state index contributed by atoms with van der Waals surface area (Å²) >= 11 is 0. The van der Waals surface area contributed by atoms with E-state index in [-0.39, 0.29) is 24.2 Å². The van der Waals surface area contributed by atoms with Crippen LogP contribution in [0.3, 0.4) is 0 Å². The molecule has 3 rings (SSSR count). The Morgan fingerprint density at radius 3 is 3.04 bits per heavy atom. The second-order valence-corrected chi connectivity index (χ2v) is 5.74. The molecule has 1 atom stereocenters. The van der Waals surface area contributed by atoms with Crippen LogP contribution in [0.15, 0.2) is 30.5 Å². The van der Waals surface area contributed by atoms with E-state index in [1.807, 2.05) is 11.0 Å². The molecule has 1 saturated heterocycles. The number of ether oxygens (including phenoxy) is 1.